The molecule has 0 radical (unpaired) electrons. The number of nitrogens with one attached hydrogen (secondary N) is 1. The molecule has 0 fully saturated rings. The summed E-state index contributed by atoms with van der Waals surface area (Å²) in [6.45, 7) is 0. The summed E-state index contributed by atoms with van der Waals surface area (Å²) in [5, 5.41) is 0.874. The van der Waals surface area contributed by atoms with Gasteiger partial charge in [0.25, 0.3) is 5.91 Å². The van der Waals surface area contributed by atoms with Crippen molar-refractivity contribution < 1.29 is 9.21 Å². The van der Waals surface area contributed by atoms with Gasteiger partial charge in [0.05, 0.1) is 11.3 Å². The Hall–Kier alpha value is -1.31. The predicted molar refractivity (Wildman–Crippen MR) is 71.9 cm³/mol. The average Bonchev–Trinajstić information content (AvgIpc) is 2.86. The van der Waals surface area contributed by atoms with Gasteiger partial charge in [-0.1, -0.05) is 11.8 Å². The number of rotatable bonds is 4. The second kappa shape index (κ2) is 6.03. The van der Waals surface area contributed by atoms with Crippen LogP contribution in [0.2, 0.25) is 0 Å². The predicted octanol–water partition coefficient (Wildman–Crippen LogP) is 2.33. The van der Waals surface area contributed by atoms with Gasteiger partial charge >= 0.3 is 0 Å². The molecule has 0 aliphatic rings. The Labute approximate surface area is 116 Å². The van der Waals surface area contributed by atoms with Gasteiger partial charge in [-0.05, 0) is 34.1 Å². The molecule has 2 aromatic heterocycles. The summed E-state index contributed by atoms with van der Waals surface area (Å²) in [6, 6.07) is 5.43. The smallest absolute Gasteiger partial charge is 0.268 e. The second-order valence-electron chi connectivity index (χ2n) is 3.35. The van der Waals surface area contributed by atoms with E-state index in [2.05, 4.69) is 26.3 Å². The first kappa shape index (κ1) is 13.1. The zero-order valence-electron chi connectivity index (χ0n) is 9.22. The molecule has 18 heavy (non-hydrogen) atoms. The van der Waals surface area contributed by atoms with Crippen LogP contribution in [0.25, 0.3) is 0 Å². The summed E-state index contributed by atoms with van der Waals surface area (Å²) in [7, 11) is 0. The first-order valence-corrected chi connectivity index (χ1v) is 6.80. The maximum Gasteiger partial charge on any atom is 0.268 e. The van der Waals surface area contributed by atoms with Crippen molar-refractivity contribution in [2.75, 3.05) is 0 Å². The van der Waals surface area contributed by atoms with Crippen molar-refractivity contribution in [3.05, 3.63) is 46.5 Å². The fraction of sp³-hybridized carbons (Fsp3) is 0.0909. The van der Waals surface area contributed by atoms with Crippen LogP contribution in [-0.2, 0) is 5.75 Å². The summed E-state index contributed by atoms with van der Waals surface area (Å²) in [4.78, 5) is 15.5. The van der Waals surface area contributed by atoms with E-state index in [0.717, 1.165) is 9.50 Å². The molecule has 7 heteroatoms. The monoisotopic (exact) mass is 327 g/mol. The highest BCUT2D eigenvalue weighted by atomic mass is 79.9. The molecule has 94 valence electrons. The molecule has 0 bridgehead atoms. The molecule has 0 unspecified atom stereocenters. The van der Waals surface area contributed by atoms with Crippen LogP contribution in [0.1, 0.15) is 16.1 Å². The molecule has 0 atom stereocenters. The minimum absolute atomic E-state index is 0.367. The van der Waals surface area contributed by atoms with E-state index in [1.807, 2.05) is 12.1 Å². The van der Waals surface area contributed by atoms with Crippen LogP contribution in [0.15, 0.2) is 44.6 Å². The summed E-state index contributed by atoms with van der Waals surface area (Å²) < 4.78 is 6.20. The van der Waals surface area contributed by atoms with Gasteiger partial charge in [0.1, 0.15) is 17.0 Å². The van der Waals surface area contributed by atoms with E-state index in [0.29, 0.717) is 17.1 Å². The van der Waals surface area contributed by atoms with E-state index >= 15 is 0 Å². The lowest BCUT2D eigenvalue weighted by molar-refractivity contribution is 0.0953. The number of hydrogen-bond acceptors (Lipinski definition) is 5. The zero-order chi connectivity index (χ0) is 13.0. The largest absolute Gasteiger partial charge is 0.468 e. The Balaban J connectivity index is 2.01. The number of furan rings is 1. The van der Waals surface area contributed by atoms with Crippen molar-refractivity contribution in [1.82, 2.24) is 10.4 Å². The summed E-state index contributed by atoms with van der Waals surface area (Å²) >= 11 is 4.93. The van der Waals surface area contributed by atoms with Crippen molar-refractivity contribution in [3.63, 3.8) is 0 Å². The second-order valence-corrected chi connectivity index (χ2v) is 5.17. The van der Waals surface area contributed by atoms with Crippen LogP contribution >= 0.6 is 27.7 Å². The fourth-order valence-corrected chi connectivity index (χ4v) is 2.65. The van der Waals surface area contributed by atoms with Crippen LogP contribution < -0.4 is 11.3 Å². The minimum atomic E-state index is -0.367. The Morgan fingerprint density at radius 2 is 2.44 bits per heavy atom. The van der Waals surface area contributed by atoms with Crippen molar-refractivity contribution in [3.8, 4) is 0 Å². The number of pyridine rings is 1. The first-order chi connectivity index (χ1) is 8.70. The van der Waals surface area contributed by atoms with Gasteiger partial charge in [0.15, 0.2) is 0 Å². The molecule has 3 N–H and O–H groups in total. The number of amides is 1. The number of halogens is 1. The van der Waals surface area contributed by atoms with Gasteiger partial charge in [0, 0.05) is 10.7 Å². The number of nitrogens with two attached hydrogens (primary N) is 1. The standard InChI is InChI=1S/C11H10BrN3O2S/c12-9-2-1-3-14-11(9)18-6-8-4-7(5-17-8)10(16)15-13/h1-5H,6,13H2,(H,15,16). The molecule has 0 aliphatic carbocycles. The Morgan fingerprint density at radius 3 is 3.17 bits per heavy atom. The molecule has 0 spiro atoms. The zero-order valence-corrected chi connectivity index (χ0v) is 11.6. The maximum absolute atomic E-state index is 11.2. The molecule has 0 aromatic carbocycles. The molecule has 0 saturated heterocycles. The van der Waals surface area contributed by atoms with E-state index in [1.54, 1.807) is 12.3 Å². The van der Waals surface area contributed by atoms with E-state index in [-0.39, 0.29) is 5.91 Å². The van der Waals surface area contributed by atoms with Gasteiger partial charge < -0.3 is 4.42 Å². The molecule has 2 aromatic rings. The number of hydrogen-bond donors (Lipinski definition) is 2. The average molecular weight is 328 g/mol. The van der Waals surface area contributed by atoms with Gasteiger partial charge in [0.2, 0.25) is 0 Å². The van der Waals surface area contributed by atoms with E-state index in [4.69, 9.17) is 10.3 Å². The Morgan fingerprint density at radius 1 is 1.61 bits per heavy atom. The SMILES string of the molecule is NNC(=O)c1coc(CSc2ncccc2Br)c1. The highest BCUT2D eigenvalue weighted by Crippen LogP contribution is 2.28. The van der Waals surface area contributed by atoms with Crippen molar-refractivity contribution >= 4 is 33.6 Å². The normalized spacial score (nSPS) is 10.3. The number of thioether (sulfide) groups is 1. The lowest BCUT2D eigenvalue weighted by atomic mass is 10.3. The molecular formula is C11H10BrN3O2S. The lowest BCUT2D eigenvalue weighted by Crippen LogP contribution is -2.29. The van der Waals surface area contributed by atoms with Crippen LogP contribution in [0.4, 0.5) is 0 Å². The molecule has 0 saturated carbocycles. The minimum Gasteiger partial charge on any atom is -0.468 e. The van der Waals surface area contributed by atoms with Crippen LogP contribution in [0, 0.1) is 0 Å². The fourth-order valence-electron chi connectivity index (χ4n) is 1.28. The summed E-state index contributed by atoms with van der Waals surface area (Å²) in [5.41, 5.74) is 2.46. The van der Waals surface area contributed by atoms with E-state index in [1.165, 1.54) is 18.0 Å². The number of aromatic nitrogens is 1. The van der Waals surface area contributed by atoms with Crippen LogP contribution in [-0.4, -0.2) is 10.9 Å². The number of hydrazine groups is 1. The van der Waals surface area contributed by atoms with Crippen LogP contribution in [0.5, 0.6) is 0 Å². The number of carbonyl (C=O) groups is 1. The topological polar surface area (TPSA) is 81.1 Å². The van der Waals surface area contributed by atoms with Gasteiger partial charge in [-0.2, -0.15) is 0 Å². The highest BCUT2D eigenvalue weighted by molar-refractivity contribution is 9.10. The van der Waals surface area contributed by atoms with Crippen molar-refractivity contribution in [2.24, 2.45) is 5.84 Å². The molecule has 1 amide bonds. The van der Waals surface area contributed by atoms with Gasteiger partial charge in [-0.15, -0.1) is 0 Å². The number of carbonyl (C=O) groups excluding carboxylic acids is 1. The Kier molecular flexibility index (Phi) is 4.40. The lowest BCUT2D eigenvalue weighted by Gasteiger charge is -2.00. The number of nitrogen functional groups attached to an aromatic ring is 1. The Bertz CT molecular complexity index is 559. The molecular weight excluding hydrogens is 318 g/mol. The highest BCUT2D eigenvalue weighted by Gasteiger charge is 2.09. The van der Waals surface area contributed by atoms with E-state index < -0.39 is 0 Å². The third-order valence-electron chi connectivity index (χ3n) is 2.12. The van der Waals surface area contributed by atoms with Crippen LogP contribution in [0.3, 0.4) is 0 Å². The molecule has 0 aliphatic heterocycles. The van der Waals surface area contributed by atoms with Crippen molar-refractivity contribution in [1.29, 1.82) is 0 Å². The summed E-state index contributed by atoms with van der Waals surface area (Å²) in [6.07, 6.45) is 3.11. The third kappa shape index (κ3) is 3.12. The molecule has 2 rings (SSSR count). The quantitative estimate of drug-likeness (QED) is 0.390. The number of nitrogens with zero attached hydrogens (tertiary/aromatic N) is 1. The molecule has 2 heterocycles. The van der Waals surface area contributed by atoms with Crippen molar-refractivity contribution in [2.45, 2.75) is 10.8 Å². The van der Waals surface area contributed by atoms with E-state index in [9.17, 15) is 4.79 Å². The van der Waals surface area contributed by atoms with Gasteiger partial charge in [-0.25, -0.2) is 10.8 Å². The molecule has 5 nitrogen and oxygen atoms in total. The van der Waals surface area contributed by atoms with Gasteiger partial charge in [-0.3, -0.25) is 10.2 Å². The maximum atomic E-state index is 11.2. The third-order valence-corrected chi connectivity index (χ3v) is 4.05. The first-order valence-electron chi connectivity index (χ1n) is 5.02. The summed E-state index contributed by atoms with van der Waals surface area (Å²) in [5.74, 6) is 5.95.